The van der Waals surface area contributed by atoms with Gasteiger partial charge in [-0.2, -0.15) is 8.61 Å². The van der Waals surface area contributed by atoms with Crippen molar-refractivity contribution in [2.75, 3.05) is 33.3 Å². The number of rotatable bonds is 5. The lowest BCUT2D eigenvalue weighted by Gasteiger charge is -2.22. The van der Waals surface area contributed by atoms with Gasteiger partial charge in [-0.25, -0.2) is 16.8 Å². The topological polar surface area (TPSA) is 84.0 Å². The fourth-order valence-corrected chi connectivity index (χ4v) is 6.05. The minimum absolute atomic E-state index is 0.111. The van der Waals surface area contributed by atoms with E-state index in [1.54, 1.807) is 36.4 Å². The SMILES string of the molecule is COc1ccc(S(=O)(=O)N2CCCN(S(=O)(=O)c3ccc(C)cc3)CC2)cc1. The van der Waals surface area contributed by atoms with Crippen LogP contribution in [0.15, 0.2) is 58.3 Å². The van der Waals surface area contributed by atoms with Crippen molar-refractivity contribution in [2.45, 2.75) is 23.1 Å². The molecule has 0 amide bonds. The summed E-state index contributed by atoms with van der Waals surface area (Å²) in [5, 5.41) is 0. The molecule has 0 radical (unpaired) electrons. The Kier molecular flexibility index (Phi) is 6.09. The van der Waals surface area contributed by atoms with Crippen LogP contribution in [0.1, 0.15) is 12.0 Å². The highest BCUT2D eigenvalue weighted by Crippen LogP contribution is 2.23. The van der Waals surface area contributed by atoms with Crippen LogP contribution in [-0.4, -0.2) is 58.7 Å². The average Bonchev–Trinajstić information content (AvgIpc) is 2.96. The molecule has 2 aromatic carbocycles. The largest absolute Gasteiger partial charge is 0.497 e. The number of aryl methyl sites for hydroxylation is 1. The van der Waals surface area contributed by atoms with Gasteiger partial charge in [-0.1, -0.05) is 17.7 Å². The van der Waals surface area contributed by atoms with Crippen LogP contribution in [0.4, 0.5) is 0 Å². The zero-order chi connectivity index (χ0) is 20.4. The quantitative estimate of drug-likeness (QED) is 0.734. The molecular formula is C19H24N2O5S2. The number of hydrogen-bond acceptors (Lipinski definition) is 5. The highest BCUT2D eigenvalue weighted by atomic mass is 32.2. The Balaban J connectivity index is 1.77. The molecule has 0 spiro atoms. The van der Waals surface area contributed by atoms with Gasteiger partial charge in [0, 0.05) is 26.2 Å². The molecular weight excluding hydrogens is 400 g/mol. The summed E-state index contributed by atoms with van der Waals surface area (Å²) in [4.78, 5) is 0.396. The molecule has 0 saturated carbocycles. The van der Waals surface area contributed by atoms with Gasteiger partial charge in [0.1, 0.15) is 5.75 Å². The van der Waals surface area contributed by atoms with E-state index in [2.05, 4.69) is 0 Å². The van der Waals surface area contributed by atoms with Gasteiger partial charge >= 0.3 is 0 Å². The molecule has 1 aliphatic rings. The van der Waals surface area contributed by atoms with E-state index in [-0.39, 0.29) is 36.0 Å². The molecule has 152 valence electrons. The van der Waals surface area contributed by atoms with Crippen LogP contribution in [-0.2, 0) is 20.0 Å². The first kappa shape index (κ1) is 20.8. The molecule has 3 rings (SSSR count). The van der Waals surface area contributed by atoms with Crippen LogP contribution in [0.5, 0.6) is 5.75 Å². The molecule has 0 atom stereocenters. The normalized spacial score (nSPS) is 17.2. The predicted octanol–water partition coefficient (Wildman–Crippen LogP) is 2.09. The molecule has 1 fully saturated rings. The van der Waals surface area contributed by atoms with Gasteiger partial charge in [0.25, 0.3) is 0 Å². The van der Waals surface area contributed by atoms with Gasteiger partial charge in [0.05, 0.1) is 16.9 Å². The van der Waals surface area contributed by atoms with Crippen molar-refractivity contribution in [1.29, 1.82) is 0 Å². The summed E-state index contributed by atoms with van der Waals surface area (Å²) in [7, 11) is -5.83. The maximum absolute atomic E-state index is 12.9. The second-order valence-electron chi connectivity index (χ2n) is 6.65. The Morgan fingerprint density at radius 2 is 1.14 bits per heavy atom. The molecule has 1 aliphatic heterocycles. The van der Waals surface area contributed by atoms with Crippen molar-refractivity contribution in [1.82, 2.24) is 8.61 Å². The van der Waals surface area contributed by atoms with E-state index in [0.717, 1.165) is 5.56 Å². The third kappa shape index (κ3) is 4.22. The van der Waals surface area contributed by atoms with Crippen molar-refractivity contribution in [3.63, 3.8) is 0 Å². The standard InChI is InChI=1S/C19H24N2O5S2/c1-16-4-8-18(9-5-16)27(22,23)20-12-3-13-21(15-14-20)28(24,25)19-10-6-17(26-2)7-11-19/h4-11H,3,12-15H2,1-2H3. The smallest absolute Gasteiger partial charge is 0.243 e. The minimum atomic E-state index is -3.69. The van der Waals surface area contributed by atoms with Crippen LogP contribution in [0, 0.1) is 6.92 Å². The number of hydrogen-bond donors (Lipinski definition) is 0. The summed E-state index contributed by atoms with van der Waals surface area (Å²) < 4.78 is 59.4. The number of sulfonamides is 2. The lowest BCUT2D eigenvalue weighted by atomic mass is 10.2. The molecule has 7 nitrogen and oxygen atoms in total. The Labute approximate surface area is 166 Å². The first-order valence-electron chi connectivity index (χ1n) is 8.96. The lowest BCUT2D eigenvalue weighted by Crippen LogP contribution is -2.37. The average molecular weight is 425 g/mol. The van der Waals surface area contributed by atoms with Crippen LogP contribution in [0.25, 0.3) is 0 Å². The van der Waals surface area contributed by atoms with E-state index in [1.807, 2.05) is 6.92 Å². The van der Waals surface area contributed by atoms with Crippen LogP contribution in [0.3, 0.4) is 0 Å². The highest BCUT2D eigenvalue weighted by Gasteiger charge is 2.31. The van der Waals surface area contributed by atoms with E-state index < -0.39 is 20.0 Å². The van der Waals surface area contributed by atoms with Crippen molar-refractivity contribution >= 4 is 20.0 Å². The van der Waals surface area contributed by atoms with E-state index >= 15 is 0 Å². The Morgan fingerprint density at radius 1 is 0.714 bits per heavy atom. The first-order valence-corrected chi connectivity index (χ1v) is 11.8. The van der Waals surface area contributed by atoms with Crippen molar-refractivity contribution in [2.24, 2.45) is 0 Å². The summed E-state index contributed by atoms with van der Waals surface area (Å²) >= 11 is 0. The maximum Gasteiger partial charge on any atom is 0.243 e. The molecule has 0 N–H and O–H groups in total. The molecule has 1 heterocycles. The zero-order valence-electron chi connectivity index (χ0n) is 15.9. The summed E-state index contributed by atoms with van der Waals surface area (Å²) in [5.74, 6) is 0.574. The molecule has 0 unspecified atom stereocenters. The van der Waals surface area contributed by atoms with E-state index in [4.69, 9.17) is 4.74 Å². The van der Waals surface area contributed by atoms with Crippen LogP contribution in [0.2, 0.25) is 0 Å². The molecule has 0 bridgehead atoms. The van der Waals surface area contributed by atoms with E-state index in [9.17, 15) is 16.8 Å². The van der Waals surface area contributed by atoms with Gasteiger partial charge < -0.3 is 4.74 Å². The molecule has 1 saturated heterocycles. The lowest BCUT2D eigenvalue weighted by molar-refractivity contribution is 0.404. The fraction of sp³-hybridized carbons (Fsp3) is 0.368. The molecule has 28 heavy (non-hydrogen) atoms. The third-order valence-corrected chi connectivity index (χ3v) is 8.60. The van der Waals surface area contributed by atoms with Crippen LogP contribution < -0.4 is 4.74 Å². The molecule has 0 aromatic heterocycles. The van der Waals surface area contributed by atoms with Gasteiger partial charge in [0.2, 0.25) is 20.0 Å². The predicted molar refractivity (Wildman–Crippen MR) is 106 cm³/mol. The fourth-order valence-electron chi connectivity index (χ4n) is 3.11. The number of benzene rings is 2. The maximum atomic E-state index is 12.9. The van der Waals surface area contributed by atoms with E-state index in [1.165, 1.54) is 27.9 Å². The van der Waals surface area contributed by atoms with Gasteiger partial charge in [0.15, 0.2) is 0 Å². The summed E-state index contributed by atoms with van der Waals surface area (Å²) in [6, 6.07) is 12.9. The Bertz CT molecular complexity index is 1020. The minimum Gasteiger partial charge on any atom is -0.497 e. The van der Waals surface area contributed by atoms with E-state index in [0.29, 0.717) is 12.2 Å². The second kappa shape index (κ2) is 8.20. The Hall–Kier alpha value is -1.94. The molecule has 0 aliphatic carbocycles. The summed E-state index contributed by atoms with van der Waals surface area (Å²) in [5.41, 5.74) is 0.978. The first-order chi connectivity index (χ1) is 13.2. The van der Waals surface area contributed by atoms with Gasteiger partial charge in [-0.05, 0) is 49.7 Å². The third-order valence-electron chi connectivity index (χ3n) is 4.77. The summed E-state index contributed by atoms with van der Waals surface area (Å²) in [6.45, 7) is 2.68. The molecule has 9 heteroatoms. The summed E-state index contributed by atoms with van der Waals surface area (Å²) in [6.07, 6.45) is 0.431. The van der Waals surface area contributed by atoms with Gasteiger partial charge in [-0.15, -0.1) is 0 Å². The van der Waals surface area contributed by atoms with Crippen molar-refractivity contribution in [3.05, 3.63) is 54.1 Å². The number of nitrogens with zero attached hydrogens (tertiary/aromatic N) is 2. The zero-order valence-corrected chi connectivity index (χ0v) is 17.5. The second-order valence-corrected chi connectivity index (χ2v) is 10.5. The number of ether oxygens (including phenoxy) is 1. The monoisotopic (exact) mass is 424 g/mol. The van der Waals surface area contributed by atoms with Crippen molar-refractivity contribution in [3.8, 4) is 5.75 Å². The number of methoxy groups -OCH3 is 1. The van der Waals surface area contributed by atoms with Crippen LogP contribution >= 0.6 is 0 Å². The van der Waals surface area contributed by atoms with Gasteiger partial charge in [-0.3, -0.25) is 0 Å². The molecule has 2 aromatic rings. The van der Waals surface area contributed by atoms with Crippen molar-refractivity contribution < 1.29 is 21.6 Å². The highest BCUT2D eigenvalue weighted by molar-refractivity contribution is 7.89. The Morgan fingerprint density at radius 3 is 1.57 bits per heavy atom.